The second-order valence-corrected chi connectivity index (χ2v) is 7.01. The van der Waals surface area contributed by atoms with Crippen LogP contribution in [0, 0.1) is 0 Å². The van der Waals surface area contributed by atoms with Crippen molar-refractivity contribution in [3.8, 4) is 22.3 Å². The summed E-state index contributed by atoms with van der Waals surface area (Å²) in [5.41, 5.74) is -1.82. The molecule has 4 rings (SSSR count). The molecule has 0 saturated carbocycles. The average molecular weight is 475 g/mol. The largest absolute Gasteiger partial charge is 0.452 e. The smallest absolute Gasteiger partial charge is 0.278 e. The van der Waals surface area contributed by atoms with Gasteiger partial charge in [0.1, 0.15) is 0 Å². The van der Waals surface area contributed by atoms with Gasteiger partial charge in [0.15, 0.2) is 5.65 Å². The molecular weight excluding hydrogens is 465 g/mol. The second kappa shape index (κ2) is 7.49. The van der Waals surface area contributed by atoms with Crippen molar-refractivity contribution in [2.45, 2.75) is 18.5 Å². The SMILES string of the molecule is FC(F)(F)c1ccc(-c2cc(-c3ccc(C(F)(F)F)cc3)c3nnc(C(F)(F)F)n3c2)cc1. The molecule has 0 N–H and O–H groups in total. The molecule has 0 spiro atoms. The molecule has 0 aliphatic carbocycles. The highest BCUT2D eigenvalue weighted by molar-refractivity contribution is 5.82. The van der Waals surface area contributed by atoms with Gasteiger partial charge in [0.2, 0.25) is 5.82 Å². The fraction of sp³-hybridized carbons (Fsp3) is 0.143. The lowest BCUT2D eigenvalue weighted by Gasteiger charge is -2.13. The van der Waals surface area contributed by atoms with Crippen molar-refractivity contribution in [3.05, 3.63) is 77.7 Å². The van der Waals surface area contributed by atoms with E-state index in [4.69, 9.17) is 0 Å². The van der Waals surface area contributed by atoms with E-state index >= 15 is 0 Å². The van der Waals surface area contributed by atoms with Gasteiger partial charge in [-0.1, -0.05) is 24.3 Å². The lowest BCUT2D eigenvalue weighted by atomic mass is 9.99. The number of hydrogen-bond acceptors (Lipinski definition) is 2. The van der Waals surface area contributed by atoms with E-state index in [2.05, 4.69) is 10.2 Å². The van der Waals surface area contributed by atoms with E-state index in [-0.39, 0.29) is 27.9 Å². The summed E-state index contributed by atoms with van der Waals surface area (Å²) >= 11 is 0. The first kappa shape index (κ1) is 22.6. The van der Waals surface area contributed by atoms with E-state index in [0.29, 0.717) is 4.40 Å². The molecule has 0 fully saturated rings. The Kier molecular flexibility index (Phi) is 5.14. The van der Waals surface area contributed by atoms with Gasteiger partial charge in [-0.3, -0.25) is 4.40 Å². The Labute approximate surface area is 179 Å². The number of halogens is 9. The number of alkyl halides is 9. The van der Waals surface area contributed by atoms with Crippen molar-refractivity contribution >= 4 is 5.65 Å². The molecule has 12 heteroatoms. The molecule has 2 aromatic heterocycles. The van der Waals surface area contributed by atoms with Crippen molar-refractivity contribution in [3.63, 3.8) is 0 Å². The minimum Gasteiger partial charge on any atom is -0.278 e. The van der Waals surface area contributed by atoms with Crippen LogP contribution in [-0.2, 0) is 18.5 Å². The maximum absolute atomic E-state index is 13.4. The summed E-state index contributed by atoms with van der Waals surface area (Å²) in [6, 6.07) is 8.69. The van der Waals surface area contributed by atoms with Crippen LogP contribution in [0.2, 0.25) is 0 Å². The minimum absolute atomic E-state index is 0.0177. The first-order valence-electron chi connectivity index (χ1n) is 9.06. The van der Waals surface area contributed by atoms with Crippen LogP contribution >= 0.6 is 0 Å². The third-order valence-corrected chi connectivity index (χ3v) is 4.83. The van der Waals surface area contributed by atoms with Crippen LogP contribution in [0.4, 0.5) is 39.5 Å². The Morgan fingerprint density at radius 2 is 1.03 bits per heavy atom. The third kappa shape index (κ3) is 4.37. The number of aromatic nitrogens is 3. The molecule has 0 unspecified atom stereocenters. The van der Waals surface area contributed by atoms with E-state index in [9.17, 15) is 39.5 Å². The summed E-state index contributed by atoms with van der Waals surface area (Å²) in [6.07, 6.45) is -13.1. The van der Waals surface area contributed by atoms with E-state index in [1.54, 1.807) is 0 Å². The highest BCUT2D eigenvalue weighted by atomic mass is 19.4. The van der Waals surface area contributed by atoms with Crippen molar-refractivity contribution in [1.29, 1.82) is 0 Å². The Bertz CT molecular complexity index is 1300. The molecule has 0 radical (unpaired) electrons. The average Bonchev–Trinajstić information content (AvgIpc) is 3.16. The van der Waals surface area contributed by atoms with Crippen LogP contribution in [0.1, 0.15) is 17.0 Å². The molecule has 2 heterocycles. The van der Waals surface area contributed by atoms with Gasteiger partial charge in [-0.2, -0.15) is 39.5 Å². The number of fused-ring (bicyclic) bond motifs is 1. The predicted octanol–water partition coefficient (Wildman–Crippen LogP) is 7.12. The Balaban J connectivity index is 1.92. The summed E-state index contributed by atoms with van der Waals surface area (Å²) in [7, 11) is 0. The van der Waals surface area contributed by atoms with Crippen molar-refractivity contribution in [1.82, 2.24) is 14.6 Å². The molecular formula is C21H10F9N3. The number of hydrogen-bond donors (Lipinski definition) is 0. The second-order valence-electron chi connectivity index (χ2n) is 7.01. The van der Waals surface area contributed by atoms with E-state index in [1.807, 2.05) is 0 Å². The number of rotatable bonds is 2. The Morgan fingerprint density at radius 3 is 1.48 bits per heavy atom. The van der Waals surface area contributed by atoms with Crippen LogP contribution in [0.25, 0.3) is 27.9 Å². The molecule has 172 valence electrons. The Morgan fingerprint density at radius 1 is 0.545 bits per heavy atom. The minimum atomic E-state index is -4.91. The summed E-state index contributed by atoms with van der Waals surface area (Å²) in [4.78, 5) is 0. The molecule has 0 bridgehead atoms. The molecule has 4 aromatic rings. The summed E-state index contributed by atoms with van der Waals surface area (Å²) in [5.74, 6) is -1.39. The van der Waals surface area contributed by atoms with Crippen LogP contribution in [0.5, 0.6) is 0 Å². The van der Waals surface area contributed by atoms with Crippen LogP contribution < -0.4 is 0 Å². The molecule has 33 heavy (non-hydrogen) atoms. The maximum Gasteiger partial charge on any atom is 0.452 e. The van der Waals surface area contributed by atoms with Gasteiger partial charge in [-0.15, -0.1) is 10.2 Å². The Hall–Kier alpha value is -3.57. The quantitative estimate of drug-likeness (QED) is 0.289. The van der Waals surface area contributed by atoms with Gasteiger partial charge >= 0.3 is 18.5 Å². The number of pyridine rings is 1. The van der Waals surface area contributed by atoms with Crippen LogP contribution in [-0.4, -0.2) is 14.6 Å². The van der Waals surface area contributed by atoms with Gasteiger partial charge in [-0.25, -0.2) is 0 Å². The molecule has 0 saturated heterocycles. The predicted molar refractivity (Wildman–Crippen MR) is 98.9 cm³/mol. The van der Waals surface area contributed by atoms with E-state index in [1.165, 1.54) is 6.07 Å². The lowest BCUT2D eigenvalue weighted by Crippen LogP contribution is -2.11. The van der Waals surface area contributed by atoms with Crippen LogP contribution in [0.3, 0.4) is 0 Å². The van der Waals surface area contributed by atoms with E-state index in [0.717, 1.165) is 54.7 Å². The first-order valence-corrected chi connectivity index (χ1v) is 9.06. The fourth-order valence-electron chi connectivity index (χ4n) is 3.25. The molecule has 0 amide bonds. The number of nitrogens with zero attached hydrogens (tertiary/aromatic N) is 3. The zero-order valence-corrected chi connectivity index (χ0v) is 16.0. The number of benzene rings is 2. The standard InChI is InChI=1S/C21H10F9N3/c22-19(23,24)14-5-1-11(2-6-14)13-9-16(12-3-7-15(8-4-12)20(25,26)27)17-31-32-18(21(28,29)30)33(17)10-13/h1-10H. The van der Waals surface area contributed by atoms with Crippen molar-refractivity contribution in [2.75, 3.05) is 0 Å². The zero-order chi connectivity index (χ0) is 24.2. The highest BCUT2D eigenvalue weighted by Gasteiger charge is 2.37. The molecule has 2 aromatic carbocycles. The lowest BCUT2D eigenvalue weighted by molar-refractivity contribution is -0.145. The maximum atomic E-state index is 13.4. The van der Waals surface area contributed by atoms with Gasteiger partial charge in [0.25, 0.3) is 0 Å². The molecule has 0 atom stereocenters. The van der Waals surface area contributed by atoms with Gasteiger partial charge in [0, 0.05) is 11.8 Å². The van der Waals surface area contributed by atoms with Crippen molar-refractivity contribution in [2.24, 2.45) is 0 Å². The van der Waals surface area contributed by atoms with Crippen LogP contribution in [0.15, 0.2) is 60.8 Å². The molecule has 0 aliphatic rings. The van der Waals surface area contributed by atoms with E-state index < -0.39 is 35.5 Å². The van der Waals surface area contributed by atoms with Gasteiger partial charge < -0.3 is 0 Å². The van der Waals surface area contributed by atoms with Crippen molar-refractivity contribution < 1.29 is 39.5 Å². The molecule has 0 aliphatic heterocycles. The third-order valence-electron chi connectivity index (χ3n) is 4.83. The normalized spacial score (nSPS) is 13.0. The van der Waals surface area contributed by atoms with Gasteiger partial charge in [0.05, 0.1) is 11.1 Å². The zero-order valence-electron chi connectivity index (χ0n) is 16.0. The summed E-state index contributed by atoms with van der Waals surface area (Å²) in [5, 5.41) is 6.69. The van der Waals surface area contributed by atoms with Gasteiger partial charge in [-0.05, 0) is 47.0 Å². The monoisotopic (exact) mass is 475 g/mol. The highest BCUT2D eigenvalue weighted by Crippen LogP contribution is 2.37. The first-order chi connectivity index (χ1) is 15.2. The molecule has 3 nitrogen and oxygen atoms in total. The summed E-state index contributed by atoms with van der Waals surface area (Å²) < 4.78 is 118. The summed E-state index contributed by atoms with van der Waals surface area (Å²) in [6.45, 7) is 0. The topological polar surface area (TPSA) is 30.2 Å². The fourth-order valence-corrected chi connectivity index (χ4v) is 3.25.